The van der Waals surface area contributed by atoms with Gasteiger partial charge in [0.05, 0.1) is 6.10 Å². The van der Waals surface area contributed by atoms with Crippen LogP contribution in [0.1, 0.15) is 54.9 Å². The van der Waals surface area contributed by atoms with Crippen LogP contribution in [0.5, 0.6) is 0 Å². The number of aliphatic hydroxyl groups is 1. The predicted molar refractivity (Wildman–Crippen MR) is 84.2 cm³/mol. The van der Waals surface area contributed by atoms with Gasteiger partial charge in [0.15, 0.2) is 0 Å². The van der Waals surface area contributed by atoms with Crippen LogP contribution in [0, 0.1) is 11.3 Å². The van der Waals surface area contributed by atoms with Gasteiger partial charge in [-0.25, -0.2) is 4.79 Å². The van der Waals surface area contributed by atoms with Crippen LogP contribution in [0.15, 0.2) is 0 Å². The molecule has 5 nitrogen and oxygen atoms in total. The van der Waals surface area contributed by atoms with Crippen LogP contribution in [-0.2, 0) is 4.74 Å². The average molecular weight is 300 g/mol. The zero-order valence-electron chi connectivity index (χ0n) is 14.5. The van der Waals surface area contributed by atoms with Crippen LogP contribution >= 0.6 is 0 Å². The number of hydrogen-bond donors (Lipinski definition) is 3. The number of aliphatic hydroxyl groups excluding tert-OH is 1. The second kappa shape index (κ2) is 6.53. The molecular weight excluding hydrogens is 268 g/mol. The van der Waals surface area contributed by atoms with E-state index in [1.807, 2.05) is 20.8 Å². The van der Waals surface area contributed by atoms with E-state index in [0.29, 0.717) is 12.5 Å². The largest absolute Gasteiger partial charge is 0.444 e. The third kappa shape index (κ3) is 5.15. The molecule has 0 heterocycles. The SMILES string of the molecule is CC(C)C(CNC1CC(O)C1(C)C)NC(=O)OC(C)(C)C. The molecule has 0 saturated heterocycles. The van der Waals surface area contributed by atoms with Gasteiger partial charge in [-0.05, 0) is 33.1 Å². The van der Waals surface area contributed by atoms with Gasteiger partial charge in [0, 0.05) is 24.0 Å². The van der Waals surface area contributed by atoms with Gasteiger partial charge in [-0.1, -0.05) is 27.7 Å². The molecule has 1 saturated carbocycles. The highest BCUT2D eigenvalue weighted by atomic mass is 16.6. The molecule has 0 aromatic carbocycles. The van der Waals surface area contributed by atoms with Crippen molar-refractivity contribution in [3.63, 3.8) is 0 Å². The summed E-state index contributed by atoms with van der Waals surface area (Å²) in [6, 6.07) is 0.294. The van der Waals surface area contributed by atoms with Crippen LogP contribution < -0.4 is 10.6 Å². The summed E-state index contributed by atoms with van der Waals surface area (Å²) in [5.41, 5.74) is -0.591. The highest BCUT2D eigenvalue weighted by Gasteiger charge is 2.47. The zero-order valence-corrected chi connectivity index (χ0v) is 14.5. The molecule has 0 aromatic rings. The number of hydrogen-bond acceptors (Lipinski definition) is 4. The van der Waals surface area contributed by atoms with Crippen LogP contribution in [0.25, 0.3) is 0 Å². The first-order valence-corrected chi connectivity index (χ1v) is 7.84. The van der Waals surface area contributed by atoms with Gasteiger partial charge in [-0.3, -0.25) is 0 Å². The van der Waals surface area contributed by atoms with Crippen LogP contribution in [-0.4, -0.2) is 41.5 Å². The molecule has 0 aromatic heterocycles. The Morgan fingerprint density at radius 1 is 1.38 bits per heavy atom. The minimum absolute atomic E-state index is 0.00777. The summed E-state index contributed by atoms with van der Waals surface area (Å²) in [5.74, 6) is 0.304. The van der Waals surface area contributed by atoms with Gasteiger partial charge in [0.2, 0.25) is 0 Å². The minimum Gasteiger partial charge on any atom is -0.444 e. The Bertz CT molecular complexity index is 361. The molecule has 1 aliphatic carbocycles. The van der Waals surface area contributed by atoms with Crippen LogP contribution in [0.2, 0.25) is 0 Å². The maximum Gasteiger partial charge on any atom is 0.407 e. The quantitative estimate of drug-likeness (QED) is 0.728. The van der Waals surface area contributed by atoms with E-state index in [1.54, 1.807) is 0 Å². The van der Waals surface area contributed by atoms with Crippen molar-refractivity contribution in [2.24, 2.45) is 11.3 Å². The molecule has 1 fully saturated rings. The van der Waals surface area contributed by atoms with E-state index in [-0.39, 0.29) is 29.7 Å². The molecule has 3 atom stereocenters. The fraction of sp³-hybridized carbons (Fsp3) is 0.938. The number of carbonyl (C=O) groups is 1. The smallest absolute Gasteiger partial charge is 0.407 e. The second-order valence-corrected chi connectivity index (χ2v) is 8.03. The third-order valence-corrected chi connectivity index (χ3v) is 4.31. The van der Waals surface area contributed by atoms with E-state index < -0.39 is 5.60 Å². The molecule has 124 valence electrons. The normalized spacial score (nSPS) is 26.1. The summed E-state index contributed by atoms with van der Waals surface area (Å²) < 4.78 is 5.31. The number of nitrogens with one attached hydrogen (secondary N) is 2. The average Bonchev–Trinajstić information content (AvgIpc) is 2.29. The van der Waals surface area contributed by atoms with Gasteiger partial charge in [-0.2, -0.15) is 0 Å². The lowest BCUT2D eigenvalue weighted by Gasteiger charge is -2.50. The van der Waals surface area contributed by atoms with Gasteiger partial charge >= 0.3 is 6.09 Å². The van der Waals surface area contributed by atoms with Gasteiger partial charge in [0.1, 0.15) is 5.60 Å². The zero-order chi connectivity index (χ0) is 16.4. The van der Waals surface area contributed by atoms with Crippen molar-refractivity contribution in [3.8, 4) is 0 Å². The predicted octanol–water partition coefficient (Wildman–Crippen LogP) is 2.28. The number of alkyl carbamates (subject to hydrolysis) is 1. The number of carbonyl (C=O) groups excluding carboxylic acids is 1. The molecule has 3 N–H and O–H groups in total. The number of rotatable bonds is 5. The molecule has 1 aliphatic rings. The number of amides is 1. The fourth-order valence-corrected chi connectivity index (χ4v) is 2.43. The van der Waals surface area contributed by atoms with Gasteiger partial charge in [-0.15, -0.1) is 0 Å². The maximum absolute atomic E-state index is 11.9. The fourth-order valence-electron chi connectivity index (χ4n) is 2.43. The summed E-state index contributed by atoms with van der Waals surface area (Å²) in [4.78, 5) is 11.9. The highest BCUT2D eigenvalue weighted by Crippen LogP contribution is 2.40. The Balaban J connectivity index is 2.46. The van der Waals surface area contributed by atoms with Crippen molar-refractivity contribution in [3.05, 3.63) is 0 Å². The highest BCUT2D eigenvalue weighted by molar-refractivity contribution is 5.68. The third-order valence-electron chi connectivity index (χ3n) is 4.31. The standard InChI is InChI=1S/C16H32N2O3/c1-10(2)11(18-14(20)21-15(3,4)5)9-17-12-8-13(19)16(12,6)7/h10-13,17,19H,8-9H2,1-7H3,(H,18,20). The molecule has 3 unspecified atom stereocenters. The lowest BCUT2D eigenvalue weighted by Crippen LogP contribution is -2.62. The first-order chi connectivity index (χ1) is 9.43. The van der Waals surface area contributed by atoms with Gasteiger partial charge < -0.3 is 20.5 Å². The van der Waals surface area contributed by atoms with Crippen LogP contribution in [0.3, 0.4) is 0 Å². The number of ether oxygens (including phenoxy) is 1. The first-order valence-electron chi connectivity index (χ1n) is 7.84. The maximum atomic E-state index is 11.9. The van der Waals surface area contributed by atoms with E-state index in [1.165, 1.54) is 0 Å². The summed E-state index contributed by atoms with van der Waals surface area (Å²) in [6.45, 7) is 14.5. The Morgan fingerprint density at radius 3 is 2.33 bits per heavy atom. The van der Waals surface area contributed by atoms with E-state index >= 15 is 0 Å². The molecule has 1 amide bonds. The Labute approximate surface area is 128 Å². The van der Waals surface area contributed by atoms with E-state index in [9.17, 15) is 9.90 Å². The lowest BCUT2D eigenvalue weighted by molar-refractivity contribution is -0.0731. The second-order valence-electron chi connectivity index (χ2n) is 8.03. The van der Waals surface area contributed by atoms with Crippen molar-refractivity contribution >= 4 is 6.09 Å². The van der Waals surface area contributed by atoms with Crippen molar-refractivity contribution in [1.82, 2.24) is 10.6 Å². The molecular formula is C16H32N2O3. The summed E-state index contributed by atoms with van der Waals surface area (Å²) in [5, 5.41) is 16.2. The lowest BCUT2D eigenvalue weighted by atomic mass is 9.64. The molecule has 5 heteroatoms. The van der Waals surface area contributed by atoms with E-state index in [0.717, 1.165) is 6.42 Å². The Morgan fingerprint density at radius 2 is 1.95 bits per heavy atom. The summed E-state index contributed by atoms with van der Waals surface area (Å²) >= 11 is 0. The monoisotopic (exact) mass is 300 g/mol. The molecule has 1 rings (SSSR count). The Hall–Kier alpha value is -0.810. The first kappa shape index (κ1) is 18.2. The molecule has 0 aliphatic heterocycles. The van der Waals surface area contributed by atoms with Crippen molar-refractivity contribution in [1.29, 1.82) is 0 Å². The van der Waals surface area contributed by atoms with E-state index in [4.69, 9.17) is 4.74 Å². The molecule has 21 heavy (non-hydrogen) atoms. The summed E-state index contributed by atoms with van der Waals surface area (Å²) in [6.07, 6.45) is 0.145. The van der Waals surface area contributed by atoms with Crippen LogP contribution in [0.4, 0.5) is 4.79 Å². The Kier molecular flexibility index (Phi) is 5.67. The van der Waals surface area contributed by atoms with Crippen molar-refractivity contribution in [2.45, 2.75) is 78.7 Å². The summed E-state index contributed by atoms with van der Waals surface area (Å²) in [7, 11) is 0. The minimum atomic E-state index is -0.487. The topological polar surface area (TPSA) is 70.6 Å². The molecule has 0 bridgehead atoms. The van der Waals surface area contributed by atoms with E-state index in [2.05, 4.69) is 38.3 Å². The molecule has 0 radical (unpaired) electrons. The molecule has 0 spiro atoms. The van der Waals surface area contributed by atoms with Crippen molar-refractivity contribution in [2.75, 3.05) is 6.54 Å². The van der Waals surface area contributed by atoms with Crippen molar-refractivity contribution < 1.29 is 14.6 Å². The van der Waals surface area contributed by atoms with Gasteiger partial charge in [0.25, 0.3) is 0 Å².